The van der Waals surface area contributed by atoms with Crippen molar-refractivity contribution in [1.29, 1.82) is 0 Å². The number of benzene rings is 2. The summed E-state index contributed by atoms with van der Waals surface area (Å²) in [7, 11) is -1.84. The molecule has 1 amide bonds. The minimum absolute atomic E-state index is 0.0627. The van der Waals surface area contributed by atoms with E-state index in [0.717, 1.165) is 21.6 Å². The number of amides is 1. The third-order valence-corrected chi connectivity index (χ3v) is 8.53. The highest BCUT2D eigenvalue weighted by molar-refractivity contribution is 7.88. The molecule has 31 heavy (non-hydrogen) atoms. The first-order chi connectivity index (χ1) is 14.7. The number of nitrogens with one attached hydrogen (secondary N) is 1. The van der Waals surface area contributed by atoms with Gasteiger partial charge in [-0.15, -0.1) is 0 Å². The zero-order valence-electron chi connectivity index (χ0n) is 16.9. The maximum absolute atomic E-state index is 12.9. The molecule has 1 saturated heterocycles. The summed E-state index contributed by atoms with van der Waals surface area (Å²) >= 11 is 6.99. The average molecular weight is 480 g/mol. The fourth-order valence-electron chi connectivity index (χ4n) is 3.75. The molecule has 4 rings (SSSR count). The molecule has 10 heteroatoms. The van der Waals surface area contributed by atoms with Crippen molar-refractivity contribution >= 4 is 54.8 Å². The van der Waals surface area contributed by atoms with Crippen LogP contribution < -0.4 is 10.2 Å². The monoisotopic (exact) mass is 479 g/mol. The Kier molecular flexibility index (Phi) is 6.20. The summed E-state index contributed by atoms with van der Waals surface area (Å²) < 4.78 is 29.5. The Bertz CT molecular complexity index is 1280. The van der Waals surface area contributed by atoms with Gasteiger partial charge in [0.15, 0.2) is 0 Å². The number of anilines is 1. The van der Waals surface area contributed by atoms with Crippen molar-refractivity contribution in [2.24, 2.45) is 13.0 Å². The van der Waals surface area contributed by atoms with Crippen molar-refractivity contribution in [3.8, 4) is 0 Å². The molecule has 0 aliphatic carbocycles. The summed E-state index contributed by atoms with van der Waals surface area (Å²) in [6.07, 6.45) is 1.25. The Morgan fingerprint density at radius 1 is 1.23 bits per heavy atom. The topological polar surface area (TPSA) is 88.5 Å². The van der Waals surface area contributed by atoms with Gasteiger partial charge in [-0.3, -0.25) is 9.59 Å². The predicted octanol–water partition coefficient (Wildman–Crippen LogP) is 3.43. The lowest BCUT2D eigenvalue weighted by Crippen LogP contribution is -2.44. The third kappa shape index (κ3) is 4.85. The van der Waals surface area contributed by atoms with Gasteiger partial charge in [0.25, 0.3) is 0 Å². The maximum Gasteiger partial charge on any atom is 0.307 e. The Labute approximate surface area is 189 Å². The van der Waals surface area contributed by atoms with Crippen LogP contribution in [0, 0.1) is 5.92 Å². The molecule has 0 unspecified atom stereocenters. The van der Waals surface area contributed by atoms with Gasteiger partial charge in [-0.25, -0.2) is 12.7 Å². The Hall–Kier alpha value is -2.20. The normalized spacial score (nSPS) is 17.7. The molecule has 1 aliphatic rings. The molecule has 1 aliphatic heterocycles. The molecule has 2 aromatic carbocycles. The van der Waals surface area contributed by atoms with Crippen LogP contribution in [0.2, 0.25) is 5.02 Å². The van der Waals surface area contributed by atoms with E-state index in [2.05, 4.69) is 5.32 Å². The van der Waals surface area contributed by atoms with Gasteiger partial charge in [-0.05, 0) is 48.7 Å². The second-order valence-corrected chi connectivity index (χ2v) is 11.1. The minimum Gasteiger partial charge on any atom is -0.326 e. The lowest BCUT2D eigenvalue weighted by molar-refractivity contribution is -0.120. The average Bonchev–Trinajstić information content (AvgIpc) is 3.03. The number of rotatable bonds is 5. The van der Waals surface area contributed by atoms with E-state index in [-0.39, 0.29) is 23.1 Å². The van der Waals surface area contributed by atoms with Crippen molar-refractivity contribution in [2.75, 3.05) is 18.4 Å². The molecule has 7 nitrogen and oxygen atoms in total. The number of carbonyl (C=O) groups is 1. The van der Waals surface area contributed by atoms with Crippen molar-refractivity contribution in [1.82, 2.24) is 8.87 Å². The van der Waals surface area contributed by atoms with E-state index in [1.165, 1.54) is 4.31 Å². The van der Waals surface area contributed by atoms with E-state index in [1.807, 2.05) is 0 Å². The highest BCUT2D eigenvalue weighted by atomic mass is 35.5. The van der Waals surface area contributed by atoms with E-state index in [0.29, 0.717) is 35.7 Å². The molecule has 1 fully saturated rings. The summed E-state index contributed by atoms with van der Waals surface area (Å²) in [5.41, 5.74) is 2.07. The number of aromatic nitrogens is 1. The number of fused-ring (bicyclic) bond motifs is 1. The first-order valence-electron chi connectivity index (χ1n) is 9.86. The molecule has 1 atom stereocenters. The van der Waals surface area contributed by atoms with E-state index >= 15 is 0 Å². The van der Waals surface area contributed by atoms with Crippen molar-refractivity contribution < 1.29 is 13.2 Å². The molecule has 0 radical (unpaired) electrons. The second-order valence-electron chi connectivity index (χ2n) is 7.68. The van der Waals surface area contributed by atoms with Crippen LogP contribution >= 0.6 is 22.9 Å². The minimum atomic E-state index is -3.54. The zero-order chi connectivity index (χ0) is 22.2. The smallest absolute Gasteiger partial charge is 0.307 e. The van der Waals surface area contributed by atoms with Crippen LogP contribution in [0.5, 0.6) is 0 Å². The summed E-state index contributed by atoms with van der Waals surface area (Å²) in [5, 5.41) is 3.43. The summed E-state index contributed by atoms with van der Waals surface area (Å²) in [6.45, 7) is 0.562. The van der Waals surface area contributed by atoms with Gasteiger partial charge in [-0.1, -0.05) is 35.1 Å². The van der Waals surface area contributed by atoms with Crippen LogP contribution in [-0.4, -0.2) is 36.3 Å². The molecule has 1 N–H and O–H groups in total. The molecule has 0 spiro atoms. The van der Waals surface area contributed by atoms with Crippen LogP contribution in [0.1, 0.15) is 18.4 Å². The van der Waals surface area contributed by atoms with Crippen LogP contribution in [0.15, 0.2) is 47.3 Å². The second kappa shape index (κ2) is 8.74. The van der Waals surface area contributed by atoms with Gasteiger partial charge in [0.1, 0.15) is 0 Å². The van der Waals surface area contributed by atoms with Gasteiger partial charge < -0.3 is 9.88 Å². The number of piperidine rings is 1. The fraction of sp³-hybridized carbons (Fsp3) is 0.333. The van der Waals surface area contributed by atoms with Gasteiger partial charge in [0.2, 0.25) is 15.9 Å². The summed E-state index contributed by atoms with van der Waals surface area (Å²) in [6, 6.07) is 12.1. The number of hydrogen-bond donors (Lipinski definition) is 1. The first kappa shape index (κ1) is 22.0. The van der Waals surface area contributed by atoms with Crippen LogP contribution in [0.25, 0.3) is 10.2 Å². The molecular formula is C21H22ClN3O4S2. The number of aryl methyl sites for hydroxylation is 1. The van der Waals surface area contributed by atoms with Crippen molar-refractivity contribution in [2.45, 2.75) is 18.6 Å². The predicted molar refractivity (Wildman–Crippen MR) is 124 cm³/mol. The number of nitrogens with zero attached hydrogens (tertiary/aromatic N) is 2. The Morgan fingerprint density at radius 3 is 2.71 bits per heavy atom. The molecular weight excluding hydrogens is 458 g/mol. The quantitative estimate of drug-likeness (QED) is 0.607. The van der Waals surface area contributed by atoms with E-state index < -0.39 is 15.9 Å². The standard InChI is InChI=1S/C21H22ClN3O4S2/c1-24-18-9-8-17(11-19(18)30-21(24)27)23-20(26)15-3-2-10-25(12-15)31(28,29)13-14-4-6-16(22)7-5-14/h4-9,11,15H,2-3,10,12-13H2,1H3,(H,23,26)/t15-/m0/s1. The van der Waals surface area contributed by atoms with Crippen LogP contribution in [0.3, 0.4) is 0 Å². The fourth-order valence-corrected chi connectivity index (χ4v) is 6.40. The maximum atomic E-state index is 12.9. The van der Waals surface area contributed by atoms with Gasteiger partial charge in [-0.2, -0.15) is 0 Å². The molecule has 3 aromatic rings. The van der Waals surface area contributed by atoms with Crippen LogP contribution in [0.4, 0.5) is 5.69 Å². The van der Waals surface area contributed by atoms with Gasteiger partial charge in [0, 0.05) is 30.8 Å². The van der Waals surface area contributed by atoms with Gasteiger partial charge >= 0.3 is 4.87 Å². The molecule has 164 valence electrons. The SMILES string of the molecule is Cn1c(=O)sc2cc(NC(=O)[C@H]3CCCN(S(=O)(=O)Cc4ccc(Cl)cc4)C3)ccc21. The van der Waals surface area contributed by atoms with Crippen molar-refractivity contribution in [3.63, 3.8) is 0 Å². The van der Waals surface area contributed by atoms with Crippen LogP contribution in [-0.2, 0) is 27.6 Å². The summed E-state index contributed by atoms with van der Waals surface area (Å²) in [5.74, 6) is -0.768. The van der Waals surface area contributed by atoms with Crippen molar-refractivity contribution in [3.05, 3.63) is 62.7 Å². The molecule has 1 aromatic heterocycles. The van der Waals surface area contributed by atoms with Gasteiger partial charge in [0.05, 0.1) is 21.9 Å². The third-order valence-electron chi connectivity index (χ3n) is 5.47. The summed E-state index contributed by atoms with van der Waals surface area (Å²) in [4.78, 5) is 24.6. The Balaban J connectivity index is 1.44. The first-order valence-corrected chi connectivity index (χ1v) is 12.7. The highest BCUT2D eigenvalue weighted by Crippen LogP contribution is 2.25. The molecule has 2 heterocycles. The lowest BCUT2D eigenvalue weighted by Gasteiger charge is -2.31. The lowest BCUT2D eigenvalue weighted by atomic mass is 9.98. The largest absolute Gasteiger partial charge is 0.326 e. The van der Waals surface area contributed by atoms with E-state index in [1.54, 1.807) is 54.1 Å². The zero-order valence-corrected chi connectivity index (χ0v) is 19.3. The number of thiazole rings is 1. The van der Waals surface area contributed by atoms with E-state index in [4.69, 9.17) is 11.6 Å². The number of halogens is 1. The number of sulfonamides is 1. The highest BCUT2D eigenvalue weighted by Gasteiger charge is 2.32. The molecule has 0 saturated carbocycles. The number of hydrogen-bond acceptors (Lipinski definition) is 5. The van der Waals surface area contributed by atoms with E-state index in [9.17, 15) is 18.0 Å². The molecule has 0 bridgehead atoms. The Morgan fingerprint density at radius 2 is 1.97 bits per heavy atom. The number of carbonyl (C=O) groups excluding carboxylic acids is 1.